The summed E-state index contributed by atoms with van der Waals surface area (Å²) < 4.78 is 6.58. The van der Waals surface area contributed by atoms with E-state index in [1.54, 1.807) is 0 Å². The topological polar surface area (TPSA) is 75.6 Å². The van der Waals surface area contributed by atoms with Crippen LogP contribution in [0.5, 0.6) is 0 Å². The molecule has 5 nitrogen and oxygen atoms in total. The number of rotatable bonds is 6. The van der Waals surface area contributed by atoms with Crippen LogP contribution in [-0.2, 0) is 0 Å². The van der Waals surface area contributed by atoms with E-state index < -0.39 is 0 Å². The summed E-state index contributed by atoms with van der Waals surface area (Å²) in [6.07, 6.45) is 0. The van der Waals surface area contributed by atoms with Crippen molar-refractivity contribution in [3.63, 3.8) is 0 Å². The molecule has 0 bridgehead atoms. The standard InChI is InChI=1S/C46H28N4O/c47-29-30-19-21-31(22-20-30)32-23-25-36(26-24-32)45-48-44(35-15-8-3-9-16-35)49-46(50-45)39-28-42-40(27-38(39)34-13-6-2-7-14-34)43-37(17-10-18-41(43)51-42)33-11-4-1-5-12-33/h1-28H. The van der Waals surface area contributed by atoms with Gasteiger partial charge in [-0.2, -0.15) is 5.26 Å². The molecule has 0 saturated heterocycles. The fourth-order valence-electron chi connectivity index (χ4n) is 6.66. The van der Waals surface area contributed by atoms with E-state index in [4.69, 9.17) is 19.4 Å². The summed E-state index contributed by atoms with van der Waals surface area (Å²) in [5.41, 5.74) is 11.2. The van der Waals surface area contributed by atoms with E-state index in [2.05, 4.69) is 84.9 Å². The fraction of sp³-hybridized carbons (Fsp3) is 0. The number of furan rings is 1. The molecule has 0 unspecified atom stereocenters. The Balaban J connectivity index is 1.25. The van der Waals surface area contributed by atoms with Crippen molar-refractivity contribution in [1.82, 2.24) is 15.0 Å². The second-order valence-electron chi connectivity index (χ2n) is 12.3. The molecule has 2 heterocycles. The lowest BCUT2D eigenvalue weighted by atomic mass is 9.94. The maximum Gasteiger partial charge on any atom is 0.164 e. The van der Waals surface area contributed by atoms with E-state index >= 15 is 0 Å². The van der Waals surface area contributed by atoms with Gasteiger partial charge in [-0.1, -0.05) is 140 Å². The smallest absolute Gasteiger partial charge is 0.164 e. The minimum Gasteiger partial charge on any atom is -0.456 e. The average Bonchev–Trinajstić information content (AvgIpc) is 3.59. The third-order valence-corrected chi connectivity index (χ3v) is 9.20. The second kappa shape index (κ2) is 12.7. The highest BCUT2D eigenvalue weighted by Crippen LogP contribution is 2.42. The Labute approximate surface area is 294 Å². The van der Waals surface area contributed by atoms with Crippen molar-refractivity contribution < 1.29 is 4.42 Å². The van der Waals surface area contributed by atoms with Crippen molar-refractivity contribution in [2.45, 2.75) is 0 Å². The Morgan fingerprint density at radius 3 is 1.51 bits per heavy atom. The summed E-state index contributed by atoms with van der Waals surface area (Å²) >= 11 is 0. The summed E-state index contributed by atoms with van der Waals surface area (Å²) in [7, 11) is 0. The van der Waals surface area contributed by atoms with E-state index in [0.29, 0.717) is 23.0 Å². The van der Waals surface area contributed by atoms with Gasteiger partial charge in [-0.05, 0) is 63.7 Å². The van der Waals surface area contributed by atoms with Crippen LogP contribution in [0, 0.1) is 11.3 Å². The van der Waals surface area contributed by atoms with Gasteiger partial charge in [0.1, 0.15) is 11.2 Å². The molecular weight excluding hydrogens is 625 g/mol. The van der Waals surface area contributed by atoms with E-state index in [1.165, 1.54) is 0 Å². The van der Waals surface area contributed by atoms with Gasteiger partial charge in [0, 0.05) is 27.5 Å². The molecule has 0 saturated carbocycles. The lowest BCUT2D eigenvalue weighted by molar-refractivity contribution is 0.669. The third kappa shape index (κ3) is 5.61. The van der Waals surface area contributed by atoms with Gasteiger partial charge in [0.2, 0.25) is 0 Å². The summed E-state index contributed by atoms with van der Waals surface area (Å²) in [6.45, 7) is 0. The molecule has 0 radical (unpaired) electrons. The van der Waals surface area contributed by atoms with Crippen molar-refractivity contribution in [3.8, 4) is 73.6 Å². The number of nitriles is 1. The Morgan fingerprint density at radius 1 is 0.392 bits per heavy atom. The van der Waals surface area contributed by atoms with Gasteiger partial charge >= 0.3 is 0 Å². The summed E-state index contributed by atoms with van der Waals surface area (Å²) in [4.78, 5) is 15.2. The van der Waals surface area contributed by atoms with E-state index in [1.807, 2.05) is 91.0 Å². The van der Waals surface area contributed by atoms with Crippen molar-refractivity contribution >= 4 is 21.9 Å². The Kier molecular flexibility index (Phi) is 7.46. The summed E-state index contributed by atoms with van der Waals surface area (Å²) in [5.74, 6) is 1.71. The van der Waals surface area contributed by atoms with Crippen LogP contribution in [0.3, 0.4) is 0 Å². The van der Waals surface area contributed by atoms with Crippen molar-refractivity contribution in [1.29, 1.82) is 5.26 Å². The molecule has 0 aliphatic heterocycles. The quantitative estimate of drug-likeness (QED) is 0.179. The second-order valence-corrected chi connectivity index (χ2v) is 12.3. The lowest BCUT2D eigenvalue weighted by Crippen LogP contribution is -2.01. The predicted octanol–water partition coefficient (Wildman–Crippen LogP) is 11.6. The van der Waals surface area contributed by atoms with Crippen LogP contribution in [0.2, 0.25) is 0 Å². The SMILES string of the molecule is N#Cc1ccc(-c2ccc(-c3nc(-c4ccccc4)nc(-c4cc5oc6cccc(-c7ccccc7)c6c5cc4-c4ccccc4)n3)cc2)cc1. The van der Waals surface area contributed by atoms with Crippen LogP contribution < -0.4 is 0 Å². The first-order valence-corrected chi connectivity index (χ1v) is 16.7. The molecule has 0 fully saturated rings. The normalized spacial score (nSPS) is 11.1. The van der Waals surface area contributed by atoms with E-state index in [9.17, 15) is 5.26 Å². The van der Waals surface area contributed by atoms with Crippen LogP contribution in [0.4, 0.5) is 0 Å². The molecule has 0 aliphatic rings. The first kappa shape index (κ1) is 29.9. The molecule has 5 heteroatoms. The van der Waals surface area contributed by atoms with Crippen molar-refractivity contribution in [2.75, 3.05) is 0 Å². The van der Waals surface area contributed by atoms with Crippen molar-refractivity contribution in [3.05, 3.63) is 175 Å². The summed E-state index contributed by atoms with van der Waals surface area (Å²) in [6, 6.07) is 59.3. The molecule has 0 aliphatic carbocycles. The third-order valence-electron chi connectivity index (χ3n) is 9.20. The van der Waals surface area contributed by atoms with Crippen LogP contribution in [-0.4, -0.2) is 15.0 Å². The number of nitrogens with zero attached hydrogens (tertiary/aromatic N) is 4. The van der Waals surface area contributed by atoms with E-state index in [-0.39, 0.29) is 0 Å². The first-order valence-electron chi connectivity index (χ1n) is 16.7. The molecule has 0 spiro atoms. The van der Waals surface area contributed by atoms with E-state index in [0.717, 1.165) is 72.0 Å². The molecule has 238 valence electrons. The van der Waals surface area contributed by atoms with Gasteiger partial charge in [0.25, 0.3) is 0 Å². The molecule has 0 amide bonds. The average molecular weight is 653 g/mol. The van der Waals surface area contributed by atoms with Gasteiger partial charge in [-0.3, -0.25) is 0 Å². The summed E-state index contributed by atoms with van der Waals surface area (Å²) in [5, 5.41) is 11.3. The monoisotopic (exact) mass is 652 g/mol. The van der Waals surface area contributed by atoms with Gasteiger partial charge in [-0.25, -0.2) is 15.0 Å². The highest BCUT2D eigenvalue weighted by atomic mass is 16.3. The molecule has 2 aromatic heterocycles. The minimum absolute atomic E-state index is 0.555. The Hall–Kier alpha value is -7.16. The van der Waals surface area contributed by atoms with Crippen LogP contribution in [0.15, 0.2) is 174 Å². The van der Waals surface area contributed by atoms with Crippen LogP contribution in [0.25, 0.3) is 89.5 Å². The Bertz CT molecular complexity index is 2710. The molecule has 9 aromatic rings. The zero-order valence-electron chi connectivity index (χ0n) is 27.4. The number of hydrogen-bond acceptors (Lipinski definition) is 5. The van der Waals surface area contributed by atoms with Gasteiger partial charge in [0.15, 0.2) is 17.5 Å². The van der Waals surface area contributed by atoms with Gasteiger partial charge in [-0.15, -0.1) is 0 Å². The van der Waals surface area contributed by atoms with Gasteiger partial charge in [0.05, 0.1) is 11.6 Å². The maximum absolute atomic E-state index is 9.22. The largest absolute Gasteiger partial charge is 0.456 e. The number of fused-ring (bicyclic) bond motifs is 3. The van der Waals surface area contributed by atoms with Crippen LogP contribution >= 0.6 is 0 Å². The molecule has 51 heavy (non-hydrogen) atoms. The number of hydrogen-bond donors (Lipinski definition) is 0. The number of benzene rings is 7. The molecule has 0 atom stereocenters. The minimum atomic E-state index is 0.555. The number of aromatic nitrogens is 3. The Morgan fingerprint density at radius 2 is 0.902 bits per heavy atom. The van der Waals surface area contributed by atoms with Crippen molar-refractivity contribution in [2.24, 2.45) is 0 Å². The molecule has 7 aromatic carbocycles. The first-order chi connectivity index (χ1) is 25.2. The fourth-order valence-corrected chi connectivity index (χ4v) is 6.66. The predicted molar refractivity (Wildman–Crippen MR) is 204 cm³/mol. The highest BCUT2D eigenvalue weighted by Gasteiger charge is 2.20. The molecule has 9 rings (SSSR count). The highest BCUT2D eigenvalue weighted by molar-refractivity contribution is 6.14. The van der Waals surface area contributed by atoms with Gasteiger partial charge < -0.3 is 4.42 Å². The molecular formula is C46H28N4O. The zero-order valence-corrected chi connectivity index (χ0v) is 27.4. The lowest BCUT2D eigenvalue weighted by Gasteiger charge is -2.13. The van der Waals surface area contributed by atoms with Crippen LogP contribution in [0.1, 0.15) is 5.56 Å². The zero-order chi connectivity index (χ0) is 34.1. The molecule has 0 N–H and O–H groups in total. The maximum atomic E-state index is 9.22.